The first kappa shape index (κ1) is 15.3. The Morgan fingerprint density at radius 2 is 1.75 bits per heavy atom. The van der Waals surface area contributed by atoms with Crippen molar-refractivity contribution in [2.24, 2.45) is 0 Å². The number of nitrogens with zero attached hydrogens (tertiary/aromatic N) is 1. The fraction of sp³-hybridized carbons (Fsp3) is 0.562. The highest BCUT2D eigenvalue weighted by Gasteiger charge is 2.17. The van der Waals surface area contributed by atoms with E-state index >= 15 is 0 Å². The standard InChI is InChI=1S/C16H26N2OSi/c1-20(2,3)15-8-6-14(7-9-15)12-17-13-16(19)18-10-4-5-11-18/h6-9,17H,4-5,10-13H2,1-3H3. The van der Waals surface area contributed by atoms with Gasteiger partial charge in [-0.3, -0.25) is 4.79 Å². The van der Waals surface area contributed by atoms with E-state index in [-0.39, 0.29) is 5.91 Å². The molecule has 0 bridgehead atoms. The minimum atomic E-state index is -1.20. The molecule has 1 N–H and O–H groups in total. The van der Waals surface area contributed by atoms with Gasteiger partial charge < -0.3 is 10.2 Å². The summed E-state index contributed by atoms with van der Waals surface area (Å²) < 4.78 is 0. The summed E-state index contributed by atoms with van der Waals surface area (Å²) in [7, 11) is -1.20. The van der Waals surface area contributed by atoms with Gasteiger partial charge in [0.15, 0.2) is 0 Å². The summed E-state index contributed by atoms with van der Waals surface area (Å²) >= 11 is 0. The Bertz CT molecular complexity index is 445. The zero-order valence-electron chi connectivity index (χ0n) is 12.9. The van der Waals surface area contributed by atoms with Crippen LogP contribution in [0.1, 0.15) is 18.4 Å². The van der Waals surface area contributed by atoms with Crippen molar-refractivity contribution >= 4 is 19.2 Å². The van der Waals surface area contributed by atoms with E-state index in [9.17, 15) is 4.79 Å². The number of nitrogens with one attached hydrogen (secondary N) is 1. The zero-order chi connectivity index (χ0) is 14.6. The first-order valence-corrected chi connectivity index (χ1v) is 11.0. The molecule has 110 valence electrons. The summed E-state index contributed by atoms with van der Waals surface area (Å²) in [6.45, 7) is 10.2. The largest absolute Gasteiger partial charge is 0.342 e. The Morgan fingerprint density at radius 1 is 1.15 bits per heavy atom. The monoisotopic (exact) mass is 290 g/mol. The number of carbonyl (C=O) groups excluding carboxylic acids is 1. The van der Waals surface area contributed by atoms with Gasteiger partial charge in [0, 0.05) is 19.6 Å². The maximum atomic E-state index is 11.9. The van der Waals surface area contributed by atoms with Crippen LogP contribution in [0.15, 0.2) is 24.3 Å². The Balaban J connectivity index is 1.78. The van der Waals surface area contributed by atoms with Crippen molar-refractivity contribution in [3.63, 3.8) is 0 Å². The van der Waals surface area contributed by atoms with Gasteiger partial charge >= 0.3 is 0 Å². The van der Waals surface area contributed by atoms with Crippen molar-refractivity contribution in [3.05, 3.63) is 29.8 Å². The molecule has 1 fully saturated rings. The molecule has 4 heteroatoms. The summed E-state index contributed by atoms with van der Waals surface area (Å²) in [5.41, 5.74) is 1.25. The molecule has 0 saturated carbocycles. The molecule has 1 aliphatic heterocycles. The van der Waals surface area contributed by atoms with Gasteiger partial charge in [0.25, 0.3) is 0 Å². The van der Waals surface area contributed by atoms with Crippen molar-refractivity contribution in [1.29, 1.82) is 0 Å². The molecule has 1 aliphatic rings. The molecule has 0 atom stereocenters. The van der Waals surface area contributed by atoms with Gasteiger partial charge in [-0.25, -0.2) is 0 Å². The van der Waals surface area contributed by atoms with Gasteiger partial charge in [-0.2, -0.15) is 0 Å². The highest BCUT2D eigenvalue weighted by molar-refractivity contribution is 6.88. The van der Waals surface area contributed by atoms with Crippen molar-refractivity contribution in [1.82, 2.24) is 10.2 Å². The van der Waals surface area contributed by atoms with E-state index in [4.69, 9.17) is 0 Å². The highest BCUT2D eigenvalue weighted by Crippen LogP contribution is 2.07. The van der Waals surface area contributed by atoms with E-state index in [1.54, 1.807) is 0 Å². The minimum Gasteiger partial charge on any atom is -0.342 e. The van der Waals surface area contributed by atoms with Gasteiger partial charge in [0.05, 0.1) is 14.6 Å². The van der Waals surface area contributed by atoms with Crippen LogP contribution in [0.3, 0.4) is 0 Å². The highest BCUT2D eigenvalue weighted by atomic mass is 28.3. The van der Waals surface area contributed by atoms with Crippen molar-refractivity contribution in [2.45, 2.75) is 39.0 Å². The van der Waals surface area contributed by atoms with E-state index in [1.807, 2.05) is 4.90 Å². The summed E-state index contributed by atoms with van der Waals surface area (Å²) in [5, 5.41) is 4.74. The number of carbonyl (C=O) groups is 1. The molecular weight excluding hydrogens is 264 g/mol. The average molecular weight is 290 g/mol. The predicted molar refractivity (Wildman–Crippen MR) is 86.9 cm³/mol. The van der Waals surface area contributed by atoms with Crippen LogP contribution in [-0.4, -0.2) is 38.5 Å². The number of amides is 1. The van der Waals surface area contributed by atoms with Crippen LogP contribution >= 0.6 is 0 Å². The maximum Gasteiger partial charge on any atom is 0.236 e. The molecule has 0 unspecified atom stereocenters. The predicted octanol–water partition coefficient (Wildman–Crippen LogP) is 1.94. The summed E-state index contributed by atoms with van der Waals surface area (Å²) in [6, 6.07) is 8.85. The Morgan fingerprint density at radius 3 is 2.30 bits per heavy atom. The molecule has 0 aliphatic carbocycles. The van der Waals surface area contributed by atoms with Gasteiger partial charge in [0.2, 0.25) is 5.91 Å². The number of benzene rings is 1. The molecule has 0 aromatic heterocycles. The van der Waals surface area contributed by atoms with Crippen LogP contribution in [0.5, 0.6) is 0 Å². The lowest BCUT2D eigenvalue weighted by atomic mass is 10.2. The third-order valence-electron chi connectivity index (χ3n) is 3.88. The smallest absolute Gasteiger partial charge is 0.236 e. The van der Waals surface area contributed by atoms with E-state index < -0.39 is 8.07 Å². The zero-order valence-corrected chi connectivity index (χ0v) is 13.9. The summed E-state index contributed by atoms with van der Waals surface area (Å²) in [6.07, 6.45) is 2.31. The van der Waals surface area contributed by atoms with Crippen molar-refractivity contribution in [3.8, 4) is 0 Å². The maximum absolute atomic E-state index is 11.9. The normalized spacial score (nSPS) is 15.7. The number of rotatable bonds is 5. The second-order valence-electron chi connectivity index (χ2n) is 6.64. The summed E-state index contributed by atoms with van der Waals surface area (Å²) in [5.74, 6) is 0.237. The molecule has 3 nitrogen and oxygen atoms in total. The SMILES string of the molecule is C[Si](C)(C)c1ccc(CNCC(=O)N2CCCC2)cc1. The van der Waals surface area contributed by atoms with E-state index in [2.05, 4.69) is 49.2 Å². The topological polar surface area (TPSA) is 32.3 Å². The molecule has 2 rings (SSSR count). The molecule has 0 spiro atoms. The molecule has 0 radical (unpaired) electrons. The second kappa shape index (κ2) is 6.55. The van der Waals surface area contributed by atoms with Gasteiger partial charge in [-0.1, -0.05) is 49.1 Å². The van der Waals surface area contributed by atoms with Gasteiger partial charge in [-0.05, 0) is 18.4 Å². The lowest BCUT2D eigenvalue weighted by Gasteiger charge is -2.17. The number of hydrogen-bond donors (Lipinski definition) is 1. The molecule has 1 heterocycles. The third-order valence-corrected chi connectivity index (χ3v) is 5.95. The second-order valence-corrected chi connectivity index (χ2v) is 11.7. The molecule has 1 aromatic rings. The fourth-order valence-electron chi connectivity index (χ4n) is 2.51. The number of likely N-dealkylation sites (tertiary alicyclic amines) is 1. The molecular formula is C16H26N2OSi. The van der Waals surface area contributed by atoms with Crippen molar-refractivity contribution in [2.75, 3.05) is 19.6 Å². The lowest BCUT2D eigenvalue weighted by Crippen LogP contribution is -2.37. The van der Waals surface area contributed by atoms with Crippen LogP contribution in [0.2, 0.25) is 19.6 Å². The number of hydrogen-bond acceptors (Lipinski definition) is 2. The van der Waals surface area contributed by atoms with E-state index in [0.717, 1.165) is 32.5 Å². The average Bonchev–Trinajstić information content (AvgIpc) is 2.92. The Kier molecular flexibility index (Phi) is 4.99. The van der Waals surface area contributed by atoms with E-state index in [0.29, 0.717) is 6.54 Å². The quantitative estimate of drug-likeness (QED) is 0.841. The molecule has 1 saturated heterocycles. The molecule has 20 heavy (non-hydrogen) atoms. The van der Waals surface area contributed by atoms with Crippen LogP contribution in [0, 0.1) is 0 Å². The Hall–Kier alpha value is -1.13. The van der Waals surface area contributed by atoms with Gasteiger partial charge in [0.1, 0.15) is 0 Å². The Labute approximate surface area is 123 Å². The van der Waals surface area contributed by atoms with Crippen LogP contribution in [0.4, 0.5) is 0 Å². The molecule has 1 amide bonds. The lowest BCUT2D eigenvalue weighted by molar-refractivity contribution is -0.129. The van der Waals surface area contributed by atoms with Crippen LogP contribution in [-0.2, 0) is 11.3 Å². The fourth-order valence-corrected chi connectivity index (χ4v) is 3.68. The minimum absolute atomic E-state index is 0.237. The van der Waals surface area contributed by atoms with E-state index in [1.165, 1.54) is 10.8 Å². The van der Waals surface area contributed by atoms with Crippen LogP contribution in [0.25, 0.3) is 0 Å². The first-order valence-electron chi connectivity index (χ1n) is 7.55. The molecule has 1 aromatic carbocycles. The summed E-state index contributed by atoms with van der Waals surface area (Å²) in [4.78, 5) is 13.8. The first-order chi connectivity index (χ1) is 9.47. The third kappa shape index (κ3) is 4.18. The van der Waals surface area contributed by atoms with Crippen LogP contribution < -0.4 is 10.5 Å². The van der Waals surface area contributed by atoms with Crippen molar-refractivity contribution < 1.29 is 4.79 Å². The van der Waals surface area contributed by atoms with Gasteiger partial charge in [-0.15, -0.1) is 0 Å².